The van der Waals surface area contributed by atoms with Gasteiger partial charge in [-0.2, -0.15) is 10.1 Å². The van der Waals surface area contributed by atoms with Crippen LogP contribution in [0.4, 0.5) is 8.78 Å². The number of rotatable bonds is 3. The molecule has 0 spiro atoms. The molecular weight excluding hydrogens is 416 g/mol. The molecular formula is C23H23F2N5O2. The topological polar surface area (TPSA) is 78.9 Å². The molecule has 1 saturated carbocycles. The predicted molar refractivity (Wildman–Crippen MR) is 113 cm³/mol. The number of hydrogen-bond donors (Lipinski definition) is 0. The first-order valence-electron chi connectivity index (χ1n) is 10.8. The van der Waals surface area contributed by atoms with E-state index >= 15 is 0 Å². The first-order valence-corrected chi connectivity index (χ1v) is 10.8. The maximum Gasteiger partial charge on any atom is 0.250 e. The third kappa shape index (κ3) is 4.38. The Kier molecular flexibility index (Phi) is 5.65. The van der Waals surface area contributed by atoms with E-state index in [2.05, 4.69) is 30.9 Å². The fourth-order valence-corrected chi connectivity index (χ4v) is 3.80. The Morgan fingerprint density at radius 1 is 1.09 bits per heavy atom. The lowest BCUT2D eigenvalue weighted by molar-refractivity contribution is 0.0149. The molecule has 4 heterocycles. The van der Waals surface area contributed by atoms with Crippen LogP contribution in [0.1, 0.15) is 55.7 Å². The minimum atomic E-state index is -0.698. The fraction of sp³-hybridized carbons (Fsp3) is 0.391. The van der Waals surface area contributed by atoms with Crippen molar-refractivity contribution in [2.75, 3.05) is 6.61 Å². The van der Waals surface area contributed by atoms with Gasteiger partial charge in [-0.1, -0.05) is 0 Å². The van der Waals surface area contributed by atoms with Crippen LogP contribution in [-0.2, 0) is 4.74 Å². The number of halogens is 2. The quantitative estimate of drug-likeness (QED) is 0.429. The molecule has 1 saturated heterocycles. The first-order chi connectivity index (χ1) is 15.6. The van der Waals surface area contributed by atoms with Gasteiger partial charge in [0, 0.05) is 36.9 Å². The number of oxazole rings is 1. The largest absolute Gasteiger partial charge is 0.422 e. The summed E-state index contributed by atoms with van der Waals surface area (Å²) in [5.74, 6) is -0.928. The lowest BCUT2D eigenvalue weighted by Gasteiger charge is -2.21. The molecule has 0 amide bonds. The van der Waals surface area contributed by atoms with Crippen LogP contribution in [0.5, 0.6) is 0 Å². The highest BCUT2D eigenvalue weighted by atomic mass is 19.1. The number of hydrogen-bond acceptors (Lipinski definition) is 6. The van der Waals surface area contributed by atoms with Crippen molar-refractivity contribution in [1.82, 2.24) is 24.7 Å². The number of ether oxygens (including phenoxy) is 1. The fourth-order valence-electron chi connectivity index (χ4n) is 3.80. The van der Waals surface area contributed by atoms with Gasteiger partial charge in [0.15, 0.2) is 11.4 Å². The van der Waals surface area contributed by atoms with E-state index in [0.29, 0.717) is 23.6 Å². The van der Waals surface area contributed by atoms with Crippen molar-refractivity contribution in [1.29, 1.82) is 0 Å². The van der Waals surface area contributed by atoms with E-state index in [4.69, 9.17) is 9.15 Å². The molecule has 1 aliphatic heterocycles. The van der Waals surface area contributed by atoms with E-state index in [0.717, 1.165) is 19.1 Å². The van der Waals surface area contributed by atoms with Gasteiger partial charge in [0.1, 0.15) is 23.7 Å². The molecule has 0 bridgehead atoms. The summed E-state index contributed by atoms with van der Waals surface area (Å²) in [6.45, 7) is 2.58. The second-order valence-electron chi connectivity index (χ2n) is 8.07. The Hall–Kier alpha value is -3.20. The molecule has 0 N–H and O–H groups in total. The Bertz CT molecular complexity index is 1230. The average Bonchev–Trinajstić information content (AvgIpc) is 3.39. The molecule has 2 fully saturated rings. The number of aryl methyl sites for hydroxylation is 1. The summed E-state index contributed by atoms with van der Waals surface area (Å²) in [7, 11) is 0. The second-order valence-corrected chi connectivity index (χ2v) is 8.07. The number of aromatic nitrogens is 5. The van der Waals surface area contributed by atoms with Crippen LogP contribution in [0.2, 0.25) is 0 Å². The third-order valence-corrected chi connectivity index (χ3v) is 5.58. The molecule has 3 aromatic heterocycles. The Balaban J connectivity index is 0.000000139. The highest BCUT2D eigenvalue weighted by Crippen LogP contribution is 2.36. The zero-order chi connectivity index (χ0) is 22.1. The molecule has 1 atom stereocenters. The smallest absolute Gasteiger partial charge is 0.250 e. The van der Waals surface area contributed by atoms with Crippen molar-refractivity contribution in [2.24, 2.45) is 0 Å². The normalized spacial score (nSPS) is 18.4. The number of benzene rings is 1. The molecule has 32 heavy (non-hydrogen) atoms. The minimum Gasteiger partial charge on any atom is -0.422 e. The highest BCUT2D eigenvalue weighted by molar-refractivity contribution is 5.85. The highest BCUT2D eigenvalue weighted by Gasteiger charge is 2.26. The standard InChI is InChI=1S/C12H7F2N3O.C11H16N2O/c1-6-17-11-10(15-5-16-12(11)18-6)8-3-2-7(13)4-9(8)14;1-2-6-14-11(3-1)9-7-12-13(8-9)10-4-5-10/h2-5H,1H3;7-8,10-11H,1-6H2/t;11-/m.1/s1. The predicted octanol–water partition coefficient (Wildman–Crippen LogP) is 5.33. The Labute approximate surface area is 183 Å². The summed E-state index contributed by atoms with van der Waals surface area (Å²) in [5, 5.41) is 4.39. The molecule has 1 aliphatic carbocycles. The van der Waals surface area contributed by atoms with Crippen LogP contribution in [0.25, 0.3) is 22.5 Å². The summed E-state index contributed by atoms with van der Waals surface area (Å²) in [6.07, 6.45) is 12.0. The summed E-state index contributed by atoms with van der Waals surface area (Å²) in [5.41, 5.74) is 2.37. The van der Waals surface area contributed by atoms with Gasteiger partial charge in [0.25, 0.3) is 5.71 Å². The van der Waals surface area contributed by atoms with Crippen LogP contribution >= 0.6 is 0 Å². The number of fused-ring (bicyclic) bond motifs is 1. The Morgan fingerprint density at radius 2 is 1.97 bits per heavy atom. The van der Waals surface area contributed by atoms with E-state index < -0.39 is 11.6 Å². The summed E-state index contributed by atoms with van der Waals surface area (Å²) < 4.78 is 39.6. The van der Waals surface area contributed by atoms with Gasteiger partial charge in [-0.3, -0.25) is 4.68 Å². The monoisotopic (exact) mass is 439 g/mol. The molecule has 2 aliphatic rings. The molecule has 0 unspecified atom stereocenters. The molecule has 4 aromatic rings. The van der Waals surface area contributed by atoms with Crippen molar-refractivity contribution in [3.05, 3.63) is 60.0 Å². The van der Waals surface area contributed by atoms with Gasteiger partial charge in [-0.25, -0.2) is 18.7 Å². The van der Waals surface area contributed by atoms with Gasteiger partial charge in [0.05, 0.1) is 18.3 Å². The molecule has 166 valence electrons. The van der Waals surface area contributed by atoms with E-state index in [-0.39, 0.29) is 17.0 Å². The van der Waals surface area contributed by atoms with Gasteiger partial charge in [-0.15, -0.1) is 0 Å². The van der Waals surface area contributed by atoms with E-state index in [1.165, 1.54) is 49.7 Å². The van der Waals surface area contributed by atoms with Crippen molar-refractivity contribution in [2.45, 2.75) is 51.2 Å². The van der Waals surface area contributed by atoms with Crippen molar-refractivity contribution < 1.29 is 17.9 Å². The van der Waals surface area contributed by atoms with Crippen LogP contribution < -0.4 is 0 Å². The van der Waals surface area contributed by atoms with E-state index in [1.54, 1.807) is 6.92 Å². The summed E-state index contributed by atoms with van der Waals surface area (Å²) in [6, 6.07) is 3.97. The summed E-state index contributed by atoms with van der Waals surface area (Å²) >= 11 is 0. The van der Waals surface area contributed by atoms with E-state index in [1.807, 2.05) is 6.20 Å². The van der Waals surface area contributed by atoms with Gasteiger partial charge < -0.3 is 9.15 Å². The van der Waals surface area contributed by atoms with Crippen molar-refractivity contribution in [3.8, 4) is 11.3 Å². The Morgan fingerprint density at radius 3 is 2.72 bits per heavy atom. The van der Waals surface area contributed by atoms with Gasteiger partial charge in [0.2, 0.25) is 0 Å². The van der Waals surface area contributed by atoms with Crippen molar-refractivity contribution >= 4 is 11.2 Å². The zero-order valence-electron chi connectivity index (χ0n) is 17.7. The molecule has 9 heteroatoms. The lowest BCUT2D eigenvalue weighted by atomic mass is 10.0. The zero-order valence-corrected chi connectivity index (χ0v) is 17.7. The SMILES string of the molecule is Cc1nc2c(-c3ccc(F)cc3F)ncnc2o1.c1nn(C2CC2)cc1[C@H]1CCCCO1. The molecule has 0 radical (unpaired) electrons. The van der Waals surface area contributed by atoms with E-state index in [9.17, 15) is 8.78 Å². The van der Waals surface area contributed by atoms with Gasteiger partial charge >= 0.3 is 0 Å². The second kappa shape index (κ2) is 8.74. The average molecular weight is 439 g/mol. The molecule has 6 rings (SSSR count). The maximum atomic E-state index is 13.7. The maximum absolute atomic E-state index is 13.7. The van der Waals surface area contributed by atoms with Crippen LogP contribution in [0.3, 0.4) is 0 Å². The van der Waals surface area contributed by atoms with Gasteiger partial charge in [-0.05, 0) is 44.2 Å². The van der Waals surface area contributed by atoms with Crippen LogP contribution in [-0.4, -0.2) is 31.3 Å². The lowest BCUT2D eigenvalue weighted by Crippen LogP contribution is -2.10. The third-order valence-electron chi connectivity index (χ3n) is 5.58. The molecule has 1 aromatic carbocycles. The van der Waals surface area contributed by atoms with Crippen LogP contribution in [0, 0.1) is 18.6 Å². The summed E-state index contributed by atoms with van der Waals surface area (Å²) in [4.78, 5) is 12.0. The van der Waals surface area contributed by atoms with Crippen LogP contribution in [0.15, 0.2) is 41.3 Å². The minimum absolute atomic E-state index is 0.164. The van der Waals surface area contributed by atoms with Crippen molar-refractivity contribution in [3.63, 3.8) is 0 Å². The number of nitrogens with zero attached hydrogens (tertiary/aromatic N) is 5. The first kappa shape index (κ1) is 20.7. The molecule has 7 nitrogen and oxygen atoms in total.